The Balaban J connectivity index is 1.28. The number of anilines is 2. The minimum Gasteiger partial charge on any atom is -0.508 e. The molecule has 1 aromatic heterocycles. The number of likely N-dealkylation sites (tertiary alicyclic amines) is 1. The van der Waals surface area contributed by atoms with Gasteiger partial charge in [0.15, 0.2) is 0 Å². The number of hydrogen-bond acceptors (Lipinski definition) is 7. The van der Waals surface area contributed by atoms with Crippen molar-refractivity contribution < 1.29 is 5.11 Å². The second-order valence-corrected chi connectivity index (χ2v) is 8.82. The molecule has 0 unspecified atom stereocenters. The third-order valence-corrected chi connectivity index (χ3v) is 6.23. The van der Waals surface area contributed by atoms with E-state index in [-0.39, 0.29) is 5.75 Å². The van der Waals surface area contributed by atoms with Gasteiger partial charge in [-0.15, -0.1) is 0 Å². The fourth-order valence-corrected chi connectivity index (χ4v) is 4.23. The molecule has 32 heavy (non-hydrogen) atoms. The molecule has 2 heterocycles. The van der Waals surface area contributed by atoms with Crippen molar-refractivity contribution in [2.24, 2.45) is 0 Å². The largest absolute Gasteiger partial charge is 0.508 e. The summed E-state index contributed by atoms with van der Waals surface area (Å²) in [5.41, 5.74) is 3.70. The summed E-state index contributed by atoms with van der Waals surface area (Å²) >= 11 is 1.67. The van der Waals surface area contributed by atoms with Crippen molar-refractivity contribution in [1.82, 2.24) is 19.6 Å². The van der Waals surface area contributed by atoms with Gasteiger partial charge in [0.25, 0.3) is 0 Å². The zero-order chi connectivity index (χ0) is 22.2. The highest BCUT2D eigenvalue weighted by atomic mass is 32.2. The van der Waals surface area contributed by atoms with Crippen LogP contribution in [-0.4, -0.2) is 46.2 Å². The van der Waals surface area contributed by atoms with Crippen LogP contribution in [0.3, 0.4) is 0 Å². The number of aryl methyl sites for hydroxylation is 1. The molecule has 4 rings (SSSR count). The molecule has 0 amide bonds. The third-order valence-electron chi connectivity index (χ3n) is 5.37. The first-order valence-corrected chi connectivity index (χ1v) is 11.8. The smallest absolute Gasteiger partial charge is 0.227 e. The SMILES string of the molecule is Cc1nc(Nc2ccc(SNCCN3CCCC3)cc2)ncc1/C=C/c1cccc(O)c1. The van der Waals surface area contributed by atoms with Gasteiger partial charge in [0.05, 0.1) is 5.69 Å². The van der Waals surface area contributed by atoms with E-state index in [1.54, 1.807) is 30.3 Å². The van der Waals surface area contributed by atoms with E-state index in [0.717, 1.165) is 35.6 Å². The fraction of sp³-hybridized carbons (Fsp3) is 0.280. The Kier molecular flexibility index (Phi) is 7.77. The molecule has 0 spiro atoms. The van der Waals surface area contributed by atoms with Gasteiger partial charge in [0.1, 0.15) is 5.75 Å². The summed E-state index contributed by atoms with van der Waals surface area (Å²) < 4.78 is 3.45. The first-order valence-electron chi connectivity index (χ1n) is 11.0. The zero-order valence-corrected chi connectivity index (χ0v) is 19.1. The number of nitrogens with zero attached hydrogens (tertiary/aromatic N) is 3. The normalized spacial score (nSPS) is 14.3. The average molecular weight is 448 g/mol. The summed E-state index contributed by atoms with van der Waals surface area (Å²) in [6.45, 7) is 6.54. The third kappa shape index (κ3) is 6.56. The van der Waals surface area contributed by atoms with E-state index in [1.807, 2.05) is 43.3 Å². The highest BCUT2D eigenvalue weighted by Crippen LogP contribution is 2.21. The molecule has 0 aliphatic carbocycles. The van der Waals surface area contributed by atoms with Crippen LogP contribution in [0.15, 0.2) is 59.6 Å². The van der Waals surface area contributed by atoms with Gasteiger partial charge in [-0.25, -0.2) is 9.97 Å². The predicted octanol–water partition coefficient (Wildman–Crippen LogP) is 5.10. The molecule has 1 fully saturated rings. The molecule has 6 nitrogen and oxygen atoms in total. The molecular formula is C25H29N5OS. The first kappa shape index (κ1) is 22.3. The van der Waals surface area contributed by atoms with Crippen molar-refractivity contribution in [2.45, 2.75) is 24.7 Å². The van der Waals surface area contributed by atoms with Gasteiger partial charge in [-0.3, -0.25) is 4.72 Å². The minimum absolute atomic E-state index is 0.252. The summed E-state index contributed by atoms with van der Waals surface area (Å²) in [5.74, 6) is 0.822. The van der Waals surface area contributed by atoms with Crippen molar-refractivity contribution in [2.75, 3.05) is 31.5 Å². The Labute approximate surface area is 193 Å². The topological polar surface area (TPSA) is 73.3 Å². The van der Waals surface area contributed by atoms with E-state index >= 15 is 0 Å². The van der Waals surface area contributed by atoms with Gasteiger partial charge in [-0.05, 0) is 86.8 Å². The Hall–Kier alpha value is -2.87. The second-order valence-electron chi connectivity index (χ2n) is 7.86. The highest BCUT2D eigenvalue weighted by Gasteiger charge is 2.10. The molecular weight excluding hydrogens is 418 g/mol. The number of nitrogens with one attached hydrogen (secondary N) is 2. The summed E-state index contributed by atoms with van der Waals surface area (Å²) in [6, 6.07) is 15.4. The zero-order valence-electron chi connectivity index (χ0n) is 18.3. The van der Waals surface area contributed by atoms with Gasteiger partial charge >= 0.3 is 0 Å². The Morgan fingerprint density at radius 2 is 1.91 bits per heavy atom. The predicted molar refractivity (Wildman–Crippen MR) is 133 cm³/mol. The van der Waals surface area contributed by atoms with Crippen LogP contribution in [0.25, 0.3) is 12.2 Å². The van der Waals surface area contributed by atoms with Crippen LogP contribution in [0.4, 0.5) is 11.6 Å². The molecule has 3 aromatic rings. The maximum absolute atomic E-state index is 9.58. The van der Waals surface area contributed by atoms with Crippen molar-refractivity contribution in [3.8, 4) is 5.75 Å². The number of aromatic hydroxyl groups is 1. The average Bonchev–Trinajstić information content (AvgIpc) is 3.31. The van der Waals surface area contributed by atoms with E-state index in [4.69, 9.17) is 0 Å². The molecule has 0 bridgehead atoms. The fourth-order valence-electron chi connectivity index (χ4n) is 3.59. The van der Waals surface area contributed by atoms with Crippen LogP contribution in [0, 0.1) is 6.92 Å². The highest BCUT2D eigenvalue weighted by molar-refractivity contribution is 7.97. The lowest BCUT2D eigenvalue weighted by atomic mass is 10.1. The number of phenols is 1. The Morgan fingerprint density at radius 1 is 1.09 bits per heavy atom. The molecule has 0 radical (unpaired) electrons. The van der Waals surface area contributed by atoms with Crippen LogP contribution in [-0.2, 0) is 0 Å². The maximum atomic E-state index is 9.58. The molecule has 1 aliphatic rings. The van der Waals surface area contributed by atoms with Crippen molar-refractivity contribution >= 4 is 35.7 Å². The summed E-state index contributed by atoms with van der Waals surface area (Å²) in [5, 5.41) is 12.8. The summed E-state index contributed by atoms with van der Waals surface area (Å²) in [7, 11) is 0. The number of benzene rings is 2. The van der Waals surface area contributed by atoms with Crippen molar-refractivity contribution in [3.63, 3.8) is 0 Å². The standard InChI is InChI=1S/C25H29N5OS/c1-19-21(8-7-20-5-4-6-23(31)17-20)18-26-25(28-19)29-22-9-11-24(12-10-22)32-27-13-16-30-14-2-3-15-30/h4-12,17-18,27,31H,2-3,13-16H2,1H3,(H,26,28,29)/b8-7+. The Bertz CT molecular complexity index is 1050. The second kappa shape index (κ2) is 11.1. The van der Waals surface area contributed by atoms with Gasteiger partial charge in [0.2, 0.25) is 5.95 Å². The Morgan fingerprint density at radius 3 is 2.66 bits per heavy atom. The van der Waals surface area contributed by atoms with Gasteiger partial charge in [0, 0.05) is 35.4 Å². The van der Waals surface area contributed by atoms with Gasteiger partial charge < -0.3 is 15.3 Å². The van der Waals surface area contributed by atoms with Crippen molar-refractivity contribution in [1.29, 1.82) is 0 Å². The van der Waals surface area contributed by atoms with Crippen LogP contribution in [0.2, 0.25) is 0 Å². The summed E-state index contributed by atoms with van der Waals surface area (Å²) in [4.78, 5) is 12.7. The van der Waals surface area contributed by atoms with Crippen LogP contribution in [0.1, 0.15) is 29.7 Å². The molecule has 3 N–H and O–H groups in total. The molecule has 1 aliphatic heterocycles. The lowest BCUT2D eigenvalue weighted by molar-refractivity contribution is 0.345. The lowest BCUT2D eigenvalue weighted by Crippen LogP contribution is -2.27. The van der Waals surface area contributed by atoms with Crippen LogP contribution >= 0.6 is 11.9 Å². The first-order chi connectivity index (χ1) is 15.7. The number of phenolic OH excluding ortho intramolecular Hbond substituents is 1. The quantitative estimate of drug-likeness (QED) is 0.311. The van der Waals surface area contributed by atoms with Crippen molar-refractivity contribution in [3.05, 3.63) is 71.5 Å². The van der Waals surface area contributed by atoms with E-state index in [9.17, 15) is 5.11 Å². The maximum Gasteiger partial charge on any atom is 0.227 e. The van der Waals surface area contributed by atoms with Crippen LogP contribution in [0.5, 0.6) is 5.75 Å². The molecule has 166 valence electrons. The van der Waals surface area contributed by atoms with Gasteiger partial charge in [-0.2, -0.15) is 0 Å². The van der Waals surface area contributed by atoms with Gasteiger partial charge in [-0.1, -0.05) is 24.3 Å². The monoisotopic (exact) mass is 447 g/mol. The minimum atomic E-state index is 0.252. The molecule has 2 aromatic carbocycles. The van der Waals surface area contributed by atoms with E-state index in [1.165, 1.54) is 30.8 Å². The van der Waals surface area contributed by atoms with E-state index in [0.29, 0.717) is 5.95 Å². The number of aromatic nitrogens is 2. The molecule has 0 saturated carbocycles. The summed E-state index contributed by atoms with van der Waals surface area (Å²) in [6.07, 6.45) is 8.37. The number of rotatable bonds is 9. The lowest BCUT2D eigenvalue weighted by Gasteiger charge is -2.14. The molecule has 0 atom stereocenters. The molecule has 7 heteroatoms. The number of hydrogen-bond donors (Lipinski definition) is 3. The van der Waals surface area contributed by atoms with E-state index in [2.05, 4.69) is 37.0 Å². The van der Waals surface area contributed by atoms with Crippen LogP contribution < -0.4 is 10.0 Å². The van der Waals surface area contributed by atoms with E-state index < -0.39 is 0 Å². The molecule has 1 saturated heterocycles.